The van der Waals surface area contributed by atoms with Gasteiger partial charge in [0.2, 0.25) is 15.9 Å². The number of nitrogens with one attached hydrogen (secondary N) is 1. The van der Waals surface area contributed by atoms with Gasteiger partial charge in [0.25, 0.3) is 0 Å². The smallest absolute Gasteiger partial charge is 0.329 e. The molecule has 1 N–H and O–H groups in total. The van der Waals surface area contributed by atoms with E-state index in [1.54, 1.807) is 28.4 Å². The molecule has 0 atom stereocenters. The predicted molar refractivity (Wildman–Crippen MR) is 153 cm³/mol. The van der Waals surface area contributed by atoms with Crippen LogP contribution in [-0.4, -0.2) is 71.5 Å². The van der Waals surface area contributed by atoms with E-state index >= 15 is 4.39 Å². The van der Waals surface area contributed by atoms with Crippen molar-refractivity contribution < 1.29 is 22.3 Å². The number of hydrogen-bond donors (Lipinski definition) is 1. The summed E-state index contributed by atoms with van der Waals surface area (Å²) < 4.78 is 60.0. The maximum Gasteiger partial charge on any atom is 0.329 e. The van der Waals surface area contributed by atoms with Crippen molar-refractivity contribution in [2.24, 2.45) is 7.05 Å². The average molecular weight is 583 g/mol. The maximum atomic E-state index is 15.9. The molecule has 1 aliphatic heterocycles. The Morgan fingerprint density at radius 2 is 2.00 bits per heavy atom. The number of pyridine rings is 2. The van der Waals surface area contributed by atoms with E-state index in [1.165, 1.54) is 12.3 Å². The number of aryl methyl sites for hydroxylation is 1. The van der Waals surface area contributed by atoms with Crippen molar-refractivity contribution in [3.8, 4) is 22.8 Å². The third kappa shape index (κ3) is 4.24. The van der Waals surface area contributed by atoms with E-state index in [2.05, 4.69) is 14.7 Å². The lowest BCUT2D eigenvalue weighted by Gasteiger charge is -2.18. The molecular weight excluding hydrogens is 551 g/mol. The van der Waals surface area contributed by atoms with E-state index in [-0.39, 0.29) is 35.2 Å². The van der Waals surface area contributed by atoms with Gasteiger partial charge in [-0.25, -0.2) is 22.6 Å². The second kappa shape index (κ2) is 9.15. The summed E-state index contributed by atoms with van der Waals surface area (Å²) in [5.74, 6) is -0.199. The quantitative estimate of drug-likeness (QED) is 0.299. The molecule has 0 radical (unpaired) electrons. The molecule has 7 rings (SSSR count). The number of rotatable bonds is 9. The van der Waals surface area contributed by atoms with E-state index in [0.29, 0.717) is 53.4 Å². The highest BCUT2D eigenvalue weighted by molar-refractivity contribution is 7.93. The summed E-state index contributed by atoms with van der Waals surface area (Å²) in [6.07, 6.45) is 6.49. The highest BCUT2D eigenvalue weighted by atomic mass is 32.2. The highest BCUT2D eigenvalue weighted by Gasteiger charge is 2.50. The van der Waals surface area contributed by atoms with Gasteiger partial charge in [0, 0.05) is 31.4 Å². The lowest BCUT2D eigenvalue weighted by Crippen LogP contribution is -2.34. The molecule has 1 spiro atoms. The summed E-state index contributed by atoms with van der Waals surface area (Å²) in [5, 5.41) is 0.0755. The van der Waals surface area contributed by atoms with Crippen LogP contribution in [0.1, 0.15) is 32.1 Å². The number of sulfonamides is 1. The van der Waals surface area contributed by atoms with Crippen LogP contribution in [-0.2, 0) is 22.6 Å². The molecule has 3 aliphatic rings. The van der Waals surface area contributed by atoms with Crippen LogP contribution in [0, 0.1) is 5.82 Å². The lowest BCUT2D eigenvalue weighted by atomic mass is 10.0. The van der Waals surface area contributed by atoms with E-state index in [4.69, 9.17) is 9.47 Å². The first kappa shape index (κ1) is 26.2. The Balaban J connectivity index is 1.39. The number of aromatic nitrogens is 4. The molecule has 13 heteroatoms. The van der Waals surface area contributed by atoms with Crippen LogP contribution in [0.25, 0.3) is 33.1 Å². The van der Waals surface area contributed by atoms with Gasteiger partial charge in [0.15, 0.2) is 0 Å². The number of imidazole rings is 1. The molecule has 2 aliphatic carbocycles. The summed E-state index contributed by atoms with van der Waals surface area (Å²) >= 11 is 0. The molecule has 2 saturated carbocycles. The van der Waals surface area contributed by atoms with Gasteiger partial charge in [0.1, 0.15) is 23.9 Å². The fourth-order valence-corrected chi connectivity index (χ4v) is 7.04. The number of fused-ring (bicyclic) bond motifs is 1. The Morgan fingerprint density at radius 3 is 2.71 bits per heavy atom. The van der Waals surface area contributed by atoms with Crippen LogP contribution < -0.4 is 19.9 Å². The number of hydrogen-bond acceptors (Lipinski definition) is 8. The largest absolute Gasteiger partial charge is 0.490 e. The normalized spacial score (nSPS) is 17.4. The van der Waals surface area contributed by atoms with E-state index < -0.39 is 26.6 Å². The van der Waals surface area contributed by atoms with Gasteiger partial charge in [-0.05, 0) is 52.3 Å². The molecule has 0 saturated heterocycles. The third-order valence-corrected chi connectivity index (χ3v) is 10.1. The molecule has 0 bridgehead atoms. The highest BCUT2D eigenvalue weighted by Crippen LogP contribution is 2.51. The van der Waals surface area contributed by atoms with E-state index in [0.717, 1.165) is 19.4 Å². The van der Waals surface area contributed by atoms with Crippen LogP contribution in [0.2, 0.25) is 0 Å². The summed E-state index contributed by atoms with van der Waals surface area (Å²) in [5.41, 5.74) is 1.61. The molecule has 0 unspecified atom stereocenters. The van der Waals surface area contributed by atoms with Gasteiger partial charge in [-0.3, -0.25) is 18.8 Å². The van der Waals surface area contributed by atoms with Crippen LogP contribution in [0.5, 0.6) is 11.6 Å². The van der Waals surface area contributed by atoms with Gasteiger partial charge in [0.05, 0.1) is 51.1 Å². The fourth-order valence-electron chi connectivity index (χ4n) is 5.66. The monoisotopic (exact) mass is 582 g/mol. The van der Waals surface area contributed by atoms with Crippen LogP contribution in [0.3, 0.4) is 0 Å². The number of nitrogens with zero attached hydrogens (tertiary/aromatic N) is 5. The second-order valence-electron chi connectivity index (χ2n) is 11.6. The lowest BCUT2D eigenvalue weighted by molar-refractivity contribution is 0.241. The number of halogens is 1. The third-order valence-electron chi connectivity index (χ3n) is 8.21. The Morgan fingerprint density at radius 1 is 1.22 bits per heavy atom. The second-order valence-corrected chi connectivity index (χ2v) is 13.5. The molecule has 0 amide bonds. The van der Waals surface area contributed by atoms with Crippen molar-refractivity contribution >= 4 is 37.6 Å². The van der Waals surface area contributed by atoms with Crippen molar-refractivity contribution in [3.05, 3.63) is 40.8 Å². The first-order valence-electron chi connectivity index (χ1n) is 13.8. The van der Waals surface area contributed by atoms with Crippen molar-refractivity contribution in [2.45, 2.75) is 42.9 Å². The van der Waals surface area contributed by atoms with Crippen molar-refractivity contribution in [1.82, 2.24) is 24.0 Å². The van der Waals surface area contributed by atoms with Gasteiger partial charge in [-0.1, -0.05) is 0 Å². The van der Waals surface area contributed by atoms with Crippen LogP contribution >= 0.6 is 0 Å². The SMILES string of the molecule is CN(C)CCCOc1ncc(-c2c(F)cc3ncc4c5c3c2OCC2(CC2)n5c(=O)n4C)cc1NS(=O)(=O)C1CC1. The molecule has 4 aromatic rings. The Bertz CT molecular complexity index is 1890. The average Bonchev–Trinajstić information content (AvgIpc) is 3.84. The van der Waals surface area contributed by atoms with E-state index in [1.807, 2.05) is 19.0 Å². The minimum atomic E-state index is -3.65. The Labute approximate surface area is 235 Å². The molecule has 216 valence electrons. The van der Waals surface area contributed by atoms with Gasteiger partial charge in [-0.2, -0.15) is 0 Å². The minimum absolute atomic E-state index is 0.127. The minimum Gasteiger partial charge on any atom is -0.490 e. The number of benzene rings is 1. The molecule has 3 aromatic heterocycles. The van der Waals surface area contributed by atoms with Crippen LogP contribution in [0.15, 0.2) is 29.3 Å². The fraction of sp³-hybridized carbons (Fsp3) is 0.464. The summed E-state index contributed by atoms with van der Waals surface area (Å²) in [4.78, 5) is 24.2. The Kier molecular flexibility index (Phi) is 5.85. The van der Waals surface area contributed by atoms with E-state index in [9.17, 15) is 13.2 Å². The van der Waals surface area contributed by atoms with Crippen molar-refractivity contribution in [2.75, 3.05) is 38.6 Å². The maximum absolute atomic E-state index is 15.9. The first-order chi connectivity index (χ1) is 19.6. The molecule has 1 aromatic carbocycles. The first-order valence-corrected chi connectivity index (χ1v) is 15.3. The zero-order chi connectivity index (χ0) is 28.7. The van der Waals surface area contributed by atoms with Crippen LogP contribution in [0.4, 0.5) is 10.1 Å². The molecule has 4 heterocycles. The van der Waals surface area contributed by atoms with Gasteiger partial charge >= 0.3 is 5.69 Å². The van der Waals surface area contributed by atoms with Gasteiger partial charge in [-0.15, -0.1) is 0 Å². The molecule has 41 heavy (non-hydrogen) atoms. The molecule has 11 nitrogen and oxygen atoms in total. The summed E-state index contributed by atoms with van der Waals surface area (Å²) in [6, 6.07) is 2.87. The predicted octanol–water partition coefficient (Wildman–Crippen LogP) is 3.21. The standard InChI is InChI=1S/C28H31FN6O5S/c1-33(2)9-4-10-39-26-20(32-41(37,38)17-5-6-17)11-16(13-31-26)22-18(29)12-19-23-24-21(14-30-19)34(3)27(36)35(24)28(7-8-28)15-40-25(22)23/h11-14,17,32H,4-10,15H2,1-3H3. The zero-order valence-electron chi connectivity index (χ0n) is 23.1. The molecular formula is C28H31FN6O5S. The summed E-state index contributed by atoms with van der Waals surface area (Å²) in [7, 11) is 1.97. The molecule has 2 fully saturated rings. The number of anilines is 1. The van der Waals surface area contributed by atoms with Crippen molar-refractivity contribution in [3.63, 3.8) is 0 Å². The topological polar surface area (TPSA) is 121 Å². The Hall–Kier alpha value is -3.71. The summed E-state index contributed by atoms with van der Waals surface area (Å²) in [6.45, 7) is 1.32. The zero-order valence-corrected chi connectivity index (χ0v) is 23.9. The van der Waals surface area contributed by atoms with Gasteiger partial charge < -0.3 is 14.4 Å². The number of ether oxygens (including phenoxy) is 2. The van der Waals surface area contributed by atoms with Crippen molar-refractivity contribution in [1.29, 1.82) is 0 Å².